The standard InChI is InChI=1S/C19H30N4O/c1-2-20-19(21-8-5-9-23-10-12-24-13-11-23)22-15-17-14-16-6-3-4-7-18(16)17/h3-4,6-7,17H,2,5,8-15H2,1H3,(H2,20,21,22). The molecule has 2 N–H and O–H groups in total. The van der Waals surface area contributed by atoms with E-state index in [-0.39, 0.29) is 0 Å². The fourth-order valence-corrected chi connectivity index (χ4v) is 3.40. The Balaban J connectivity index is 1.39. The molecule has 132 valence electrons. The van der Waals surface area contributed by atoms with Crippen LogP contribution in [-0.4, -0.2) is 63.3 Å². The van der Waals surface area contributed by atoms with Crippen molar-refractivity contribution >= 4 is 5.96 Å². The number of rotatable bonds is 7. The highest BCUT2D eigenvalue weighted by Crippen LogP contribution is 2.34. The van der Waals surface area contributed by atoms with Crippen LogP contribution in [0.2, 0.25) is 0 Å². The topological polar surface area (TPSA) is 48.9 Å². The predicted molar refractivity (Wildman–Crippen MR) is 98.7 cm³/mol. The summed E-state index contributed by atoms with van der Waals surface area (Å²) in [6.45, 7) is 9.86. The van der Waals surface area contributed by atoms with E-state index in [0.717, 1.165) is 71.3 Å². The van der Waals surface area contributed by atoms with Crippen molar-refractivity contribution in [2.75, 3.05) is 52.5 Å². The van der Waals surface area contributed by atoms with Crippen molar-refractivity contribution < 1.29 is 4.74 Å². The summed E-state index contributed by atoms with van der Waals surface area (Å²) in [5, 5.41) is 6.82. The Hall–Kier alpha value is -1.59. The van der Waals surface area contributed by atoms with Gasteiger partial charge in [0.2, 0.25) is 0 Å². The zero-order chi connectivity index (χ0) is 16.6. The Labute approximate surface area is 145 Å². The van der Waals surface area contributed by atoms with E-state index >= 15 is 0 Å². The SMILES string of the molecule is CCNC(=NCC1Cc2ccccc21)NCCCN1CCOCC1. The first kappa shape index (κ1) is 17.2. The molecule has 0 bridgehead atoms. The molecule has 1 aliphatic carbocycles. The van der Waals surface area contributed by atoms with Crippen molar-refractivity contribution in [1.82, 2.24) is 15.5 Å². The Morgan fingerprint density at radius 1 is 1.25 bits per heavy atom. The highest BCUT2D eigenvalue weighted by molar-refractivity contribution is 5.79. The van der Waals surface area contributed by atoms with Crippen LogP contribution in [-0.2, 0) is 11.2 Å². The Morgan fingerprint density at radius 3 is 2.88 bits per heavy atom. The number of hydrogen-bond acceptors (Lipinski definition) is 3. The molecule has 0 saturated carbocycles. The van der Waals surface area contributed by atoms with Gasteiger partial charge in [0.25, 0.3) is 0 Å². The van der Waals surface area contributed by atoms with Gasteiger partial charge < -0.3 is 15.4 Å². The normalized spacial score (nSPS) is 21.0. The monoisotopic (exact) mass is 330 g/mol. The summed E-state index contributed by atoms with van der Waals surface area (Å²) in [5.74, 6) is 1.54. The van der Waals surface area contributed by atoms with Crippen molar-refractivity contribution in [2.24, 2.45) is 4.99 Å². The molecular formula is C19H30N4O. The molecule has 5 nitrogen and oxygen atoms in total. The van der Waals surface area contributed by atoms with Crippen LogP contribution >= 0.6 is 0 Å². The molecule has 0 amide bonds. The van der Waals surface area contributed by atoms with Gasteiger partial charge in [0.15, 0.2) is 5.96 Å². The molecule has 1 aromatic rings. The smallest absolute Gasteiger partial charge is 0.191 e. The number of ether oxygens (including phenoxy) is 1. The van der Waals surface area contributed by atoms with Gasteiger partial charge in [0.05, 0.1) is 13.2 Å². The van der Waals surface area contributed by atoms with Crippen molar-refractivity contribution in [2.45, 2.75) is 25.7 Å². The minimum Gasteiger partial charge on any atom is -0.379 e. The summed E-state index contributed by atoms with van der Waals surface area (Å²) < 4.78 is 5.39. The Bertz CT molecular complexity index is 540. The fraction of sp³-hybridized carbons (Fsp3) is 0.632. The van der Waals surface area contributed by atoms with Crippen LogP contribution in [0.4, 0.5) is 0 Å². The van der Waals surface area contributed by atoms with Gasteiger partial charge in [0, 0.05) is 38.6 Å². The maximum absolute atomic E-state index is 5.39. The van der Waals surface area contributed by atoms with Gasteiger partial charge in [-0.15, -0.1) is 0 Å². The van der Waals surface area contributed by atoms with Gasteiger partial charge in [-0.3, -0.25) is 9.89 Å². The molecule has 5 heteroatoms. The van der Waals surface area contributed by atoms with Gasteiger partial charge in [0.1, 0.15) is 0 Å². The number of fused-ring (bicyclic) bond motifs is 1. The molecule has 1 heterocycles. The maximum atomic E-state index is 5.39. The number of nitrogens with one attached hydrogen (secondary N) is 2. The quantitative estimate of drug-likeness (QED) is 0.453. The lowest BCUT2D eigenvalue weighted by atomic mass is 9.78. The summed E-state index contributed by atoms with van der Waals surface area (Å²) in [6, 6.07) is 8.72. The van der Waals surface area contributed by atoms with E-state index in [9.17, 15) is 0 Å². The summed E-state index contributed by atoms with van der Waals surface area (Å²) in [5.41, 5.74) is 2.96. The summed E-state index contributed by atoms with van der Waals surface area (Å²) >= 11 is 0. The lowest BCUT2D eigenvalue weighted by Crippen LogP contribution is -2.41. The molecule has 2 aliphatic rings. The molecule has 0 radical (unpaired) electrons. The number of benzene rings is 1. The van der Waals surface area contributed by atoms with Crippen LogP contribution in [0.1, 0.15) is 30.4 Å². The number of aliphatic imine (C=N–C) groups is 1. The molecule has 1 unspecified atom stereocenters. The summed E-state index contributed by atoms with van der Waals surface area (Å²) in [4.78, 5) is 7.25. The van der Waals surface area contributed by atoms with Gasteiger partial charge in [-0.25, -0.2) is 0 Å². The fourth-order valence-electron chi connectivity index (χ4n) is 3.40. The van der Waals surface area contributed by atoms with E-state index in [1.54, 1.807) is 0 Å². The molecule has 1 aromatic carbocycles. The molecule has 24 heavy (non-hydrogen) atoms. The minimum atomic E-state index is 0.588. The largest absolute Gasteiger partial charge is 0.379 e. The predicted octanol–water partition coefficient (Wildman–Crippen LogP) is 1.60. The van der Waals surface area contributed by atoms with Crippen molar-refractivity contribution in [3.05, 3.63) is 35.4 Å². The molecule has 0 aromatic heterocycles. The first-order valence-corrected chi connectivity index (χ1v) is 9.27. The summed E-state index contributed by atoms with van der Waals surface area (Å²) in [6.07, 6.45) is 2.30. The lowest BCUT2D eigenvalue weighted by molar-refractivity contribution is 0.0376. The van der Waals surface area contributed by atoms with E-state index in [0.29, 0.717) is 5.92 Å². The third-order valence-electron chi connectivity index (χ3n) is 4.82. The molecule has 1 aliphatic heterocycles. The third kappa shape index (κ3) is 4.71. The highest BCUT2D eigenvalue weighted by Gasteiger charge is 2.24. The Kier molecular flexibility index (Phi) is 6.49. The van der Waals surface area contributed by atoms with Crippen LogP contribution in [0.15, 0.2) is 29.3 Å². The molecule has 0 spiro atoms. The first-order valence-electron chi connectivity index (χ1n) is 9.27. The van der Waals surface area contributed by atoms with Crippen molar-refractivity contribution in [3.63, 3.8) is 0 Å². The van der Waals surface area contributed by atoms with E-state index < -0.39 is 0 Å². The summed E-state index contributed by atoms with van der Waals surface area (Å²) in [7, 11) is 0. The molecule has 3 rings (SSSR count). The van der Waals surface area contributed by atoms with Crippen LogP contribution in [0.25, 0.3) is 0 Å². The molecule has 1 saturated heterocycles. The molecular weight excluding hydrogens is 300 g/mol. The van der Waals surface area contributed by atoms with Crippen molar-refractivity contribution in [1.29, 1.82) is 0 Å². The second kappa shape index (κ2) is 9.04. The number of nitrogens with zero attached hydrogens (tertiary/aromatic N) is 2. The van der Waals surface area contributed by atoms with Crippen LogP contribution in [0.5, 0.6) is 0 Å². The minimum absolute atomic E-state index is 0.588. The van der Waals surface area contributed by atoms with Crippen LogP contribution in [0, 0.1) is 0 Å². The average Bonchev–Trinajstić information content (AvgIpc) is 2.60. The number of morpholine rings is 1. The Morgan fingerprint density at radius 2 is 2.08 bits per heavy atom. The second-order valence-electron chi connectivity index (χ2n) is 6.55. The van der Waals surface area contributed by atoms with Crippen molar-refractivity contribution in [3.8, 4) is 0 Å². The first-order chi connectivity index (χ1) is 11.9. The van der Waals surface area contributed by atoms with E-state index in [4.69, 9.17) is 9.73 Å². The third-order valence-corrected chi connectivity index (χ3v) is 4.82. The highest BCUT2D eigenvalue weighted by atomic mass is 16.5. The average molecular weight is 330 g/mol. The van der Waals surface area contributed by atoms with Gasteiger partial charge in [-0.05, 0) is 37.4 Å². The van der Waals surface area contributed by atoms with E-state index in [1.165, 1.54) is 11.1 Å². The van der Waals surface area contributed by atoms with Crippen LogP contribution in [0.3, 0.4) is 0 Å². The van der Waals surface area contributed by atoms with E-state index in [1.807, 2.05) is 0 Å². The van der Waals surface area contributed by atoms with Gasteiger partial charge >= 0.3 is 0 Å². The molecule has 1 fully saturated rings. The van der Waals surface area contributed by atoms with Gasteiger partial charge in [-0.2, -0.15) is 0 Å². The zero-order valence-electron chi connectivity index (χ0n) is 14.8. The zero-order valence-corrected chi connectivity index (χ0v) is 14.8. The van der Waals surface area contributed by atoms with E-state index in [2.05, 4.69) is 46.7 Å². The lowest BCUT2D eigenvalue weighted by Gasteiger charge is -2.29. The number of hydrogen-bond donors (Lipinski definition) is 2. The number of guanidine groups is 1. The van der Waals surface area contributed by atoms with Crippen LogP contribution < -0.4 is 10.6 Å². The maximum Gasteiger partial charge on any atom is 0.191 e. The molecule has 1 atom stereocenters. The second-order valence-corrected chi connectivity index (χ2v) is 6.55. The van der Waals surface area contributed by atoms with Gasteiger partial charge in [-0.1, -0.05) is 24.3 Å².